The zero-order valence-electron chi connectivity index (χ0n) is 13.0. The lowest BCUT2D eigenvalue weighted by atomic mass is 10.0. The molecule has 3 nitrogen and oxygen atoms in total. The SMILES string of the molecule is COC(=O)C(SC)c1ccccc1COc1ccccc1C. The predicted octanol–water partition coefficient (Wildman–Crippen LogP) is 4.15. The van der Waals surface area contributed by atoms with Gasteiger partial charge in [0.15, 0.2) is 0 Å². The van der Waals surface area contributed by atoms with Gasteiger partial charge in [-0.15, -0.1) is 11.8 Å². The number of carbonyl (C=O) groups is 1. The molecule has 0 bridgehead atoms. The molecule has 2 rings (SSSR count). The number of hydrogen-bond acceptors (Lipinski definition) is 4. The van der Waals surface area contributed by atoms with Crippen molar-refractivity contribution in [2.24, 2.45) is 0 Å². The second-order valence-electron chi connectivity index (χ2n) is 4.89. The Morgan fingerprint density at radius 3 is 2.50 bits per heavy atom. The van der Waals surface area contributed by atoms with Gasteiger partial charge in [0.2, 0.25) is 0 Å². The quantitative estimate of drug-likeness (QED) is 0.750. The number of thioether (sulfide) groups is 1. The summed E-state index contributed by atoms with van der Waals surface area (Å²) in [5.74, 6) is 0.618. The number of para-hydroxylation sites is 1. The van der Waals surface area contributed by atoms with E-state index in [2.05, 4.69) is 0 Å². The summed E-state index contributed by atoms with van der Waals surface area (Å²) < 4.78 is 10.8. The molecule has 0 heterocycles. The van der Waals surface area contributed by atoms with Crippen molar-refractivity contribution >= 4 is 17.7 Å². The molecule has 2 aromatic rings. The molecule has 0 spiro atoms. The topological polar surface area (TPSA) is 35.5 Å². The minimum absolute atomic E-state index is 0.240. The van der Waals surface area contributed by atoms with Crippen LogP contribution in [0.15, 0.2) is 48.5 Å². The first-order chi connectivity index (χ1) is 10.7. The molecule has 0 aliphatic carbocycles. The summed E-state index contributed by atoms with van der Waals surface area (Å²) in [4.78, 5) is 11.9. The molecule has 1 unspecified atom stereocenters. The average molecular weight is 316 g/mol. The molecule has 0 saturated heterocycles. The van der Waals surface area contributed by atoms with E-state index >= 15 is 0 Å². The van der Waals surface area contributed by atoms with Gasteiger partial charge in [-0.05, 0) is 35.9 Å². The summed E-state index contributed by atoms with van der Waals surface area (Å²) in [6.45, 7) is 2.44. The van der Waals surface area contributed by atoms with Gasteiger partial charge < -0.3 is 9.47 Å². The third kappa shape index (κ3) is 3.83. The lowest BCUT2D eigenvalue weighted by Crippen LogP contribution is -2.13. The molecule has 0 fully saturated rings. The van der Waals surface area contributed by atoms with Crippen molar-refractivity contribution in [1.82, 2.24) is 0 Å². The summed E-state index contributed by atoms with van der Waals surface area (Å²) in [6, 6.07) is 15.7. The highest BCUT2D eigenvalue weighted by Gasteiger charge is 2.22. The van der Waals surface area contributed by atoms with Crippen LogP contribution in [0.2, 0.25) is 0 Å². The Labute approximate surface area is 135 Å². The molecule has 116 valence electrons. The Hall–Kier alpha value is -1.94. The van der Waals surface area contributed by atoms with Crippen molar-refractivity contribution in [2.75, 3.05) is 13.4 Å². The molecule has 1 atom stereocenters. The first-order valence-electron chi connectivity index (χ1n) is 7.04. The molecule has 0 aromatic heterocycles. The maximum absolute atomic E-state index is 11.9. The van der Waals surface area contributed by atoms with Crippen LogP contribution in [-0.2, 0) is 16.1 Å². The number of ether oxygens (including phenoxy) is 2. The van der Waals surface area contributed by atoms with Crippen LogP contribution in [0.1, 0.15) is 21.9 Å². The average Bonchev–Trinajstić information content (AvgIpc) is 2.55. The fourth-order valence-corrected chi connectivity index (χ4v) is 3.03. The summed E-state index contributed by atoms with van der Waals surface area (Å²) in [6.07, 6.45) is 1.90. The van der Waals surface area contributed by atoms with Gasteiger partial charge in [-0.3, -0.25) is 4.79 Å². The van der Waals surface area contributed by atoms with Gasteiger partial charge in [0.05, 0.1) is 7.11 Å². The zero-order chi connectivity index (χ0) is 15.9. The van der Waals surface area contributed by atoms with E-state index in [1.54, 1.807) is 0 Å². The molecule has 2 aromatic carbocycles. The molecule has 4 heteroatoms. The van der Waals surface area contributed by atoms with Gasteiger partial charge in [-0.2, -0.15) is 0 Å². The van der Waals surface area contributed by atoms with E-state index in [0.717, 1.165) is 22.4 Å². The van der Waals surface area contributed by atoms with Crippen molar-refractivity contribution in [2.45, 2.75) is 18.8 Å². The number of rotatable bonds is 6. The largest absolute Gasteiger partial charge is 0.489 e. The molecule has 22 heavy (non-hydrogen) atoms. The third-order valence-corrected chi connectivity index (χ3v) is 4.38. The van der Waals surface area contributed by atoms with Crippen molar-refractivity contribution in [3.05, 3.63) is 65.2 Å². The van der Waals surface area contributed by atoms with Gasteiger partial charge >= 0.3 is 5.97 Å². The molecular weight excluding hydrogens is 296 g/mol. The second-order valence-corrected chi connectivity index (χ2v) is 5.83. The summed E-state index contributed by atoms with van der Waals surface area (Å²) in [5.41, 5.74) is 3.03. The highest BCUT2D eigenvalue weighted by atomic mass is 32.2. The van der Waals surface area contributed by atoms with Gasteiger partial charge in [0.25, 0.3) is 0 Å². The molecule has 0 radical (unpaired) electrons. The van der Waals surface area contributed by atoms with Crippen molar-refractivity contribution in [3.8, 4) is 5.75 Å². The smallest absolute Gasteiger partial charge is 0.323 e. The summed E-state index contributed by atoms with van der Waals surface area (Å²) in [7, 11) is 1.41. The number of hydrogen-bond donors (Lipinski definition) is 0. The van der Waals surface area contributed by atoms with Crippen LogP contribution in [0.5, 0.6) is 5.75 Å². The van der Waals surface area contributed by atoms with Crippen LogP contribution in [0, 0.1) is 6.92 Å². The van der Waals surface area contributed by atoms with E-state index in [0.29, 0.717) is 6.61 Å². The Balaban J connectivity index is 2.21. The first-order valence-corrected chi connectivity index (χ1v) is 8.33. The van der Waals surface area contributed by atoms with Crippen molar-refractivity contribution in [3.63, 3.8) is 0 Å². The second kappa shape index (κ2) is 7.90. The highest BCUT2D eigenvalue weighted by Crippen LogP contribution is 2.31. The predicted molar refractivity (Wildman–Crippen MR) is 90.2 cm³/mol. The van der Waals surface area contributed by atoms with E-state index in [1.807, 2.05) is 61.7 Å². The molecule has 0 amide bonds. The van der Waals surface area contributed by atoms with Crippen molar-refractivity contribution in [1.29, 1.82) is 0 Å². The maximum atomic E-state index is 11.9. The van der Waals surface area contributed by atoms with Gasteiger partial charge in [0, 0.05) is 0 Å². The Kier molecular flexibility index (Phi) is 5.90. The van der Waals surface area contributed by atoms with E-state index < -0.39 is 0 Å². The van der Waals surface area contributed by atoms with Gasteiger partial charge in [0.1, 0.15) is 17.6 Å². The molecule has 0 saturated carbocycles. The number of carbonyl (C=O) groups excluding carboxylic acids is 1. The van der Waals surface area contributed by atoms with Crippen LogP contribution < -0.4 is 4.74 Å². The van der Waals surface area contributed by atoms with Crippen LogP contribution in [0.25, 0.3) is 0 Å². The summed E-state index contributed by atoms with van der Waals surface area (Å²) in [5, 5.41) is -0.332. The minimum atomic E-state index is -0.332. The van der Waals surface area contributed by atoms with Crippen molar-refractivity contribution < 1.29 is 14.3 Å². The van der Waals surface area contributed by atoms with Gasteiger partial charge in [-0.25, -0.2) is 0 Å². The molecule has 0 aliphatic heterocycles. The van der Waals surface area contributed by atoms with Crippen LogP contribution in [0.4, 0.5) is 0 Å². The highest BCUT2D eigenvalue weighted by molar-refractivity contribution is 7.99. The number of methoxy groups -OCH3 is 1. The monoisotopic (exact) mass is 316 g/mol. The number of aryl methyl sites for hydroxylation is 1. The first kappa shape index (κ1) is 16.4. The van der Waals surface area contributed by atoms with Gasteiger partial charge in [-0.1, -0.05) is 42.5 Å². The molecule has 0 N–H and O–H groups in total. The lowest BCUT2D eigenvalue weighted by molar-refractivity contribution is -0.140. The standard InChI is InChI=1S/C18H20O3S/c1-13-8-4-7-11-16(13)21-12-14-9-5-6-10-15(14)17(22-3)18(19)20-2/h4-11,17H,12H2,1-3H3. The fourth-order valence-electron chi connectivity index (χ4n) is 2.25. The molecular formula is C18H20O3S. The normalized spacial score (nSPS) is 11.8. The maximum Gasteiger partial charge on any atom is 0.323 e. The number of benzene rings is 2. The van der Waals surface area contributed by atoms with E-state index in [-0.39, 0.29) is 11.2 Å². The van der Waals surface area contributed by atoms with Crippen LogP contribution in [-0.4, -0.2) is 19.3 Å². The Morgan fingerprint density at radius 2 is 1.82 bits per heavy atom. The molecule has 0 aliphatic rings. The van der Waals surface area contributed by atoms with Crippen LogP contribution in [0.3, 0.4) is 0 Å². The third-order valence-electron chi connectivity index (χ3n) is 3.47. The lowest BCUT2D eigenvalue weighted by Gasteiger charge is -2.17. The Morgan fingerprint density at radius 1 is 1.14 bits per heavy atom. The number of esters is 1. The summed E-state index contributed by atoms with van der Waals surface area (Å²) >= 11 is 1.46. The minimum Gasteiger partial charge on any atom is -0.489 e. The Bertz CT molecular complexity index is 640. The van der Waals surface area contributed by atoms with E-state index in [9.17, 15) is 4.79 Å². The van der Waals surface area contributed by atoms with Crippen LogP contribution >= 0.6 is 11.8 Å². The van der Waals surface area contributed by atoms with E-state index in [1.165, 1.54) is 18.9 Å². The fraction of sp³-hybridized carbons (Fsp3) is 0.278. The zero-order valence-corrected chi connectivity index (χ0v) is 13.9. The van der Waals surface area contributed by atoms with E-state index in [4.69, 9.17) is 9.47 Å².